The first-order chi connectivity index (χ1) is 7.89. The maximum atomic E-state index is 12.3. The normalized spacial score (nSPS) is 13.5. The van der Waals surface area contributed by atoms with E-state index in [0.717, 1.165) is 18.6 Å². The molecule has 0 fully saturated rings. The number of rotatable bonds is 5. The van der Waals surface area contributed by atoms with Crippen molar-refractivity contribution in [3.8, 4) is 0 Å². The van der Waals surface area contributed by atoms with Crippen LogP contribution in [-0.4, -0.2) is 17.8 Å². The van der Waals surface area contributed by atoms with Gasteiger partial charge in [0.2, 0.25) is 0 Å². The molecule has 1 aromatic carbocycles. The Morgan fingerprint density at radius 2 is 1.82 bits per heavy atom. The number of benzene rings is 1. The summed E-state index contributed by atoms with van der Waals surface area (Å²) >= 11 is 0. The van der Waals surface area contributed by atoms with E-state index in [1.165, 1.54) is 12.1 Å². The third-order valence-electron chi connectivity index (χ3n) is 2.34. The molecule has 0 amide bonds. The van der Waals surface area contributed by atoms with Crippen LogP contribution < -0.4 is 5.32 Å². The predicted octanol–water partition coefficient (Wildman–Crippen LogP) is 3.28. The highest BCUT2D eigenvalue weighted by atomic mass is 19.4. The highest BCUT2D eigenvalue weighted by Crippen LogP contribution is 2.29. The van der Waals surface area contributed by atoms with Gasteiger partial charge in [0, 0.05) is 12.2 Å². The molecule has 5 heteroatoms. The van der Waals surface area contributed by atoms with E-state index in [1.807, 2.05) is 0 Å². The second-order valence-corrected chi connectivity index (χ2v) is 3.99. The Hall–Kier alpha value is -1.23. The summed E-state index contributed by atoms with van der Waals surface area (Å²) in [5.74, 6) is 0. The van der Waals surface area contributed by atoms with Gasteiger partial charge in [-0.3, -0.25) is 0 Å². The lowest BCUT2D eigenvalue weighted by Gasteiger charge is -2.10. The Morgan fingerprint density at radius 1 is 1.24 bits per heavy atom. The molecule has 17 heavy (non-hydrogen) atoms. The molecule has 1 aromatic rings. The molecule has 1 atom stereocenters. The molecule has 0 radical (unpaired) electrons. The molecule has 2 N–H and O–H groups in total. The Bertz CT molecular complexity index is 333. The van der Waals surface area contributed by atoms with Gasteiger partial charge in [-0.2, -0.15) is 13.2 Å². The van der Waals surface area contributed by atoms with Crippen LogP contribution in [0.2, 0.25) is 0 Å². The van der Waals surface area contributed by atoms with Crippen molar-refractivity contribution in [2.45, 2.75) is 32.0 Å². The number of aliphatic hydroxyl groups is 1. The van der Waals surface area contributed by atoms with Crippen molar-refractivity contribution in [3.63, 3.8) is 0 Å². The summed E-state index contributed by atoms with van der Waals surface area (Å²) in [6.07, 6.45) is -3.18. The van der Waals surface area contributed by atoms with Crippen LogP contribution >= 0.6 is 0 Å². The van der Waals surface area contributed by atoms with E-state index in [-0.39, 0.29) is 6.10 Å². The quantitative estimate of drug-likeness (QED) is 0.783. The monoisotopic (exact) mass is 247 g/mol. The lowest BCUT2D eigenvalue weighted by atomic mass is 10.2. The van der Waals surface area contributed by atoms with E-state index in [2.05, 4.69) is 5.32 Å². The first kappa shape index (κ1) is 13.8. The maximum absolute atomic E-state index is 12.3. The molecule has 2 nitrogen and oxygen atoms in total. The molecule has 0 saturated carbocycles. The van der Waals surface area contributed by atoms with E-state index < -0.39 is 11.7 Å². The standard InChI is InChI=1S/C12H16F3NO/c1-9(17)3-2-8-16-11-6-4-10(5-7-11)12(13,14)15/h4-7,9,16-17H,2-3,8H2,1H3. The van der Waals surface area contributed by atoms with Gasteiger partial charge in [0.05, 0.1) is 11.7 Å². The number of anilines is 1. The van der Waals surface area contributed by atoms with Gasteiger partial charge < -0.3 is 10.4 Å². The molecule has 1 rings (SSSR count). The zero-order valence-electron chi connectivity index (χ0n) is 9.59. The molecule has 0 aliphatic rings. The minimum Gasteiger partial charge on any atom is -0.393 e. The number of hydrogen-bond acceptors (Lipinski definition) is 2. The van der Waals surface area contributed by atoms with Crippen molar-refractivity contribution in [1.29, 1.82) is 0 Å². The molecule has 0 aromatic heterocycles. The Morgan fingerprint density at radius 3 is 2.29 bits per heavy atom. The van der Waals surface area contributed by atoms with Gasteiger partial charge in [0.25, 0.3) is 0 Å². The lowest BCUT2D eigenvalue weighted by Crippen LogP contribution is -2.07. The third-order valence-corrected chi connectivity index (χ3v) is 2.34. The van der Waals surface area contributed by atoms with E-state index >= 15 is 0 Å². The van der Waals surface area contributed by atoms with Crippen LogP contribution in [0.25, 0.3) is 0 Å². The van der Waals surface area contributed by atoms with Gasteiger partial charge in [-0.05, 0) is 44.0 Å². The Balaban J connectivity index is 2.41. The highest BCUT2D eigenvalue weighted by molar-refractivity contribution is 5.44. The SMILES string of the molecule is CC(O)CCCNc1ccc(C(F)(F)F)cc1. The third kappa shape index (κ3) is 5.08. The molecule has 0 aliphatic carbocycles. The first-order valence-corrected chi connectivity index (χ1v) is 5.49. The zero-order chi connectivity index (χ0) is 12.9. The van der Waals surface area contributed by atoms with E-state index in [1.54, 1.807) is 6.92 Å². The average Bonchev–Trinajstić information content (AvgIpc) is 2.23. The summed E-state index contributed by atoms with van der Waals surface area (Å²) in [6, 6.07) is 4.92. The number of nitrogens with one attached hydrogen (secondary N) is 1. The van der Waals surface area contributed by atoms with Crippen LogP contribution in [0, 0.1) is 0 Å². The summed E-state index contributed by atoms with van der Waals surface area (Å²) in [7, 11) is 0. The van der Waals surface area contributed by atoms with Crippen LogP contribution in [0.3, 0.4) is 0 Å². The average molecular weight is 247 g/mol. The fraction of sp³-hybridized carbons (Fsp3) is 0.500. The fourth-order valence-electron chi connectivity index (χ4n) is 1.41. The minimum absolute atomic E-state index is 0.343. The smallest absolute Gasteiger partial charge is 0.393 e. The number of alkyl halides is 3. The zero-order valence-corrected chi connectivity index (χ0v) is 9.59. The van der Waals surface area contributed by atoms with Crippen molar-refractivity contribution in [2.75, 3.05) is 11.9 Å². The maximum Gasteiger partial charge on any atom is 0.416 e. The van der Waals surface area contributed by atoms with Gasteiger partial charge in [-0.1, -0.05) is 0 Å². The summed E-state index contributed by atoms with van der Waals surface area (Å²) < 4.78 is 36.8. The Labute approximate surface area is 98.5 Å². The van der Waals surface area contributed by atoms with E-state index in [0.29, 0.717) is 18.7 Å². The van der Waals surface area contributed by atoms with Crippen LogP contribution in [0.4, 0.5) is 18.9 Å². The molecule has 0 spiro atoms. The van der Waals surface area contributed by atoms with Crippen molar-refractivity contribution < 1.29 is 18.3 Å². The van der Waals surface area contributed by atoms with Gasteiger partial charge >= 0.3 is 6.18 Å². The van der Waals surface area contributed by atoms with Crippen molar-refractivity contribution in [2.24, 2.45) is 0 Å². The summed E-state index contributed by atoms with van der Waals surface area (Å²) in [4.78, 5) is 0. The molecular formula is C12H16F3NO. The minimum atomic E-state index is -4.29. The van der Waals surface area contributed by atoms with Crippen LogP contribution in [-0.2, 0) is 6.18 Å². The topological polar surface area (TPSA) is 32.3 Å². The molecule has 0 heterocycles. The largest absolute Gasteiger partial charge is 0.416 e. The number of halogens is 3. The van der Waals surface area contributed by atoms with Gasteiger partial charge in [0.15, 0.2) is 0 Å². The van der Waals surface area contributed by atoms with Gasteiger partial charge in [-0.15, -0.1) is 0 Å². The number of hydrogen-bond donors (Lipinski definition) is 2. The molecule has 0 saturated heterocycles. The molecular weight excluding hydrogens is 231 g/mol. The lowest BCUT2D eigenvalue weighted by molar-refractivity contribution is -0.137. The second kappa shape index (κ2) is 5.91. The van der Waals surface area contributed by atoms with Crippen molar-refractivity contribution >= 4 is 5.69 Å². The summed E-state index contributed by atoms with van der Waals surface area (Å²) in [6.45, 7) is 2.34. The van der Waals surface area contributed by atoms with Crippen LogP contribution in [0.5, 0.6) is 0 Å². The highest BCUT2D eigenvalue weighted by Gasteiger charge is 2.29. The summed E-state index contributed by atoms with van der Waals surface area (Å²) in [5, 5.41) is 12.0. The molecule has 1 unspecified atom stereocenters. The fourth-order valence-corrected chi connectivity index (χ4v) is 1.41. The van der Waals surface area contributed by atoms with E-state index in [9.17, 15) is 13.2 Å². The Kier molecular flexibility index (Phi) is 4.81. The van der Waals surface area contributed by atoms with Crippen molar-refractivity contribution in [1.82, 2.24) is 0 Å². The molecule has 0 bridgehead atoms. The number of aliphatic hydroxyl groups excluding tert-OH is 1. The van der Waals surface area contributed by atoms with Gasteiger partial charge in [0.1, 0.15) is 0 Å². The first-order valence-electron chi connectivity index (χ1n) is 5.49. The predicted molar refractivity (Wildman–Crippen MR) is 60.8 cm³/mol. The molecule has 0 aliphatic heterocycles. The molecule has 96 valence electrons. The van der Waals surface area contributed by atoms with Crippen LogP contribution in [0.1, 0.15) is 25.3 Å². The second-order valence-electron chi connectivity index (χ2n) is 3.99. The van der Waals surface area contributed by atoms with Crippen LogP contribution in [0.15, 0.2) is 24.3 Å². The van der Waals surface area contributed by atoms with E-state index in [4.69, 9.17) is 5.11 Å². The van der Waals surface area contributed by atoms with Gasteiger partial charge in [-0.25, -0.2) is 0 Å². The van der Waals surface area contributed by atoms with Crippen molar-refractivity contribution in [3.05, 3.63) is 29.8 Å². The summed E-state index contributed by atoms with van der Waals surface area (Å²) in [5.41, 5.74) is 0.00984.